The van der Waals surface area contributed by atoms with Crippen LogP contribution in [0.5, 0.6) is 17.2 Å². The van der Waals surface area contributed by atoms with Crippen LogP contribution in [0.2, 0.25) is 0 Å². The van der Waals surface area contributed by atoms with Crippen LogP contribution in [0.25, 0.3) is 10.9 Å². The van der Waals surface area contributed by atoms with Gasteiger partial charge < -0.3 is 23.9 Å². The molecular weight excluding hydrogens is 516 g/mol. The third-order valence-corrected chi connectivity index (χ3v) is 7.47. The topological polar surface area (TPSA) is 134 Å². The standard InChI is InChI=1S/C28H30N6O6/c1-3-38-28(36)18-8-10-33(11-9-18)25(26-30-31-32-34(26)15-17-4-6-20(37-2)7-5-17)21-12-19-13-23-24(40-16-39-23)14-22(19)29-27(21)35/h4-7,12-14,18,25H,3,8-11,15-16H2,1-2H3,(H,29,35)/t25-/m1/s1. The molecule has 2 aliphatic rings. The minimum Gasteiger partial charge on any atom is -0.497 e. The van der Waals surface area contributed by atoms with E-state index in [0.29, 0.717) is 67.5 Å². The molecular formula is C28H30N6O6. The summed E-state index contributed by atoms with van der Waals surface area (Å²) < 4.78 is 23.3. The van der Waals surface area contributed by atoms with E-state index in [9.17, 15) is 9.59 Å². The third-order valence-electron chi connectivity index (χ3n) is 7.47. The number of tetrazole rings is 1. The summed E-state index contributed by atoms with van der Waals surface area (Å²) in [5.41, 5.74) is 1.89. The van der Waals surface area contributed by atoms with E-state index >= 15 is 0 Å². The number of piperidine rings is 1. The van der Waals surface area contributed by atoms with E-state index in [1.165, 1.54) is 0 Å². The van der Waals surface area contributed by atoms with E-state index in [-0.39, 0.29) is 24.2 Å². The van der Waals surface area contributed by atoms with E-state index in [0.717, 1.165) is 16.7 Å². The number of pyridine rings is 1. The molecule has 1 N–H and O–H groups in total. The second kappa shape index (κ2) is 11.0. The highest BCUT2D eigenvalue weighted by Gasteiger charge is 2.35. The number of hydrogen-bond donors (Lipinski definition) is 1. The van der Waals surface area contributed by atoms with Crippen LogP contribution in [0.4, 0.5) is 0 Å². The summed E-state index contributed by atoms with van der Waals surface area (Å²) >= 11 is 0. The molecule has 0 bridgehead atoms. The molecule has 0 radical (unpaired) electrons. The zero-order valence-corrected chi connectivity index (χ0v) is 22.3. The minimum absolute atomic E-state index is 0.140. The summed E-state index contributed by atoms with van der Waals surface area (Å²) in [6, 6.07) is 12.6. The minimum atomic E-state index is -0.546. The Morgan fingerprint density at radius 3 is 2.60 bits per heavy atom. The molecule has 1 atom stereocenters. The predicted octanol–water partition coefficient (Wildman–Crippen LogP) is 2.66. The van der Waals surface area contributed by atoms with Gasteiger partial charge in [-0.1, -0.05) is 12.1 Å². The van der Waals surface area contributed by atoms with Crippen molar-refractivity contribution in [3.63, 3.8) is 0 Å². The SMILES string of the molecule is CCOC(=O)C1CCN([C@H](c2cc3cc4c(cc3[nH]c2=O)OCO4)c2nnnn2Cc2ccc(OC)cc2)CC1. The van der Waals surface area contributed by atoms with E-state index in [1.807, 2.05) is 43.3 Å². The number of nitrogens with one attached hydrogen (secondary N) is 1. The van der Waals surface area contributed by atoms with E-state index in [4.69, 9.17) is 18.9 Å². The Bertz CT molecular complexity index is 1570. The number of fused-ring (bicyclic) bond motifs is 2. The Kier molecular flexibility index (Phi) is 7.08. The second-order valence-electron chi connectivity index (χ2n) is 9.85. The normalized spacial score (nSPS) is 16.2. The maximum atomic E-state index is 13.6. The summed E-state index contributed by atoms with van der Waals surface area (Å²) in [6.45, 7) is 3.86. The Labute approximate surface area is 229 Å². The first-order chi connectivity index (χ1) is 19.5. The first-order valence-corrected chi connectivity index (χ1v) is 13.3. The largest absolute Gasteiger partial charge is 0.497 e. The lowest BCUT2D eigenvalue weighted by molar-refractivity contribution is -0.149. The lowest BCUT2D eigenvalue weighted by atomic mass is 9.94. The Balaban J connectivity index is 1.38. The van der Waals surface area contributed by atoms with Gasteiger partial charge in [-0.3, -0.25) is 14.5 Å². The molecule has 0 spiro atoms. The van der Waals surface area contributed by atoms with Gasteiger partial charge in [0.15, 0.2) is 17.3 Å². The molecule has 1 fully saturated rings. The maximum absolute atomic E-state index is 13.6. The summed E-state index contributed by atoms with van der Waals surface area (Å²) in [5.74, 6) is 2.16. The van der Waals surface area contributed by atoms with Crippen LogP contribution >= 0.6 is 0 Å². The van der Waals surface area contributed by atoms with Crippen molar-refractivity contribution in [2.45, 2.75) is 32.4 Å². The van der Waals surface area contributed by atoms with E-state index in [1.54, 1.807) is 17.9 Å². The van der Waals surface area contributed by atoms with Gasteiger partial charge in [0.05, 0.1) is 31.7 Å². The van der Waals surface area contributed by atoms with Crippen molar-refractivity contribution < 1.29 is 23.7 Å². The van der Waals surface area contributed by atoms with Crippen LogP contribution in [0.1, 0.15) is 42.8 Å². The van der Waals surface area contributed by atoms with Crippen molar-refractivity contribution >= 4 is 16.9 Å². The van der Waals surface area contributed by atoms with E-state index in [2.05, 4.69) is 25.4 Å². The molecule has 0 unspecified atom stereocenters. The quantitative estimate of drug-likeness (QED) is 0.329. The van der Waals surface area contributed by atoms with Crippen molar-refractivity contribution in [1.82, 2.24) is 30.1 Å². The molecule has 1 saturated heterocycles. The lowest BCUT2D eigenvalue weighted by Gasteiger charge is -2.36. The summed E-state index contributed by atoms with van der Waals surface area (Å²) in [4.78, 5) is 31.2. The molecule has 12 nitrogen and oxygen atoms in total. The van der Waals surface area contributed by atoms with Gasteiger partial charge in [-0.25, -0.2) is 4.68 Å². The monoisotopic (exact) mass is 546 g/mol. The molecule has 6 rings (SSSR count). The van der Waals surface area contributed by atoms with Gasteiger partial charge in [0.25, 0.3) is 5.56 Å². The van der Waals surface area contributed by atoms with Crippen LogP contribution in [0.3, 0.4) is 0 Å². The Hall–Kier alpha value is -4.45. The van der Waals surface area contributed by atoms with Gasteiger partial charge >= 0.3 is 5.97 Å². The number of ether oxygens (including phenoxy) is 4. The number of aromatic amines is 1. The molecule has 40 heavy (non-hydrogen) atoms. The molecule has 12 heteroatoms. The van der Waals surface area contributed by atoms with Gasteiger partial charge in [0, 0.05) is 30.1 Å². The molecule has 4 heterocycles. The van der Waals surface area contributed by atoms with Crippen molar-refractivity contribution in [1.29, 1.82) is 0 Å². The number of likely N-dealkylation sites (tertiary alicyclic amines) is 1. The molecule has 0 saturated carbocycles. The number of benzene rings is 2. The van der Waals surface area contributed by atoms with Crippen LogP contribution in [-0.4, -0.2) is 69.7 Å². The molecule has 2 aliphatic heterocycles. The number of H-pyrrole nitrogens is 1. The molecule has 0 amide bonds. The van der Waals surface area contributed by atoms with Gasteiger partial charge in [-0.15, -0.1) is 5.10 Å². The summed E-state index contributed by atoms with van der Waals surface area (Å²) in [5, 5.41) is 13.5. The van der Waals surface area contributed by atoms with Gasteiger partial charge in [-0.05, 0) is 60.0 Å². The average molecular weight is 547 g/mol. The predicted molar refractivity (Wildman–Crippen MR) is 143 cm³/mol. The molecule has 4 aromatic rings. The number of carbonyl (C=O) groups is 1. The fraction of sp³-hybridized carbons (Fsp3) is 0.393. The number of aromatic nitrogens is 5. The van der Waals surface area contributed by atoms with Gasteiger partial charge in [-0.2, -0.15) is 0 Å². The fourth-order valence-corrected chi connectivity index (χ4v) is 5.39. The van der Waals surface area contributed by atoms with Crippen molar-refractivity contribution in [3.05, 3.63) is 69.8 Å². The Morgan fingerprint density at radius 1 is 1.12 bits per heavy atom. The van der Waals surface area contributed by atoms with Crippen LogP contribution in [-0.2, 0) is 16.1 Å². The smallest absolute Gasteiger partial charge is 0.309 e. The summed E-state index contributed by atoms with van der Waals surface area (Å²) in [6.07, 6.45) is 1.22. The third kappa shape index (κ3) is 4.97. The average Bonchev–Trinajstić information content (AvgIpc) is 3.62. The Morgan fingerprint density at radius 2 is 1.88 bits per heavy atom. The van der Waals surface area contributed by atoms with Crippen molar-refractivity contribution in [2.24, 2.45) is 5.92 Å². The molecule has 0 aliphatic carbocycles. The number of rotatable bonds is 8. The van der Waals surface area contributed by atoms with Crippen molar-refractivity contribution in [3.8, 4) is 17.2 Å². The fourth-order valence-electron chi connectivity index (χ4n) is 5.39. The second-order valence-corrected chi connectivity index (χ2v) is 9.85. The molecule has 2 aromatic heterocycles. The lowest BCUT2D eigenvalue weighted by Crippen LogP contribution is -2.42. The highest BCUT2D eigenvalue weighted by atomic mass is 16.7. The molecule has 208 valence electrons. The van der Waals surface area contributed by atoms with Crippen LogP contribution in [0.15, 0.2) is 47.3 Å². The van der Waals surface area contributed by atoms with Gasteiger partial charge in [0.1, 0.15) is 11.8 Å². The first kappa shape index (κ1) is 25.8. The highest BCUT2D eigenvalue weighted by Crippen LogP contribution is 2.37. The first-order valence-electron chi connectivity index (χ1n) is 13.3. The zero-order chi connectivity index (χ0) is 27.6. The van der Waals surface area contributed by atoms with Gasteiger partial charge in [0.2, 0.25) is 6.79 Å². The van der Waals surface area contributed by atoms with Crippen LogP contribution < -0.4 is 19.8 Å². The highest BCUT2D eigenvalue weighted by molar-refractivity contribution is 5.83. The number of methoxy groups -OCH3 is 1. The number of nitrogens with zero attached hydrogens (tertiary/aromatic N) is 5. The van der Waals surface area contributed by atoms with E-state index < -0.39 is 6.04 Å². The number of hydrogen-bond acceptors (Lipinski definition) is 10. The summed E-state index contributed by atoms with van der Waals surface area (Å²) in [7, 11) is 1.62. The maximum Gasteiger partial charge on any atom is 0.309 e. The zero-order valence-electron chi connectivity index (χ0n) is 22.3. The van der Waals surface area contributed by atoms with Crippen LogP contribution in [0, 0.1) is 5.92 Å². The van der Waals surface area contributed by atoms with Crippen molar-refractivity contribution in [2.75, 3.05) is 33.6 Å². The number of esters is 1. The molecule has 2 aromatic carbocycles. The number of carbonyl (C=O) groups excluding carboxylic acids is 1.